The maximum Gasteiger partial charge on any atom is 0.308 e. The van der Waals surface area contributed by atoms with Crippen molar-refractivity contribution >= 4 is 40.7 Å². The molecule has 4 aromatic carbocycles. The first-order valence-corrected chi connectivity index (χ1v) is 32.1. The fourth-order valence-corrected chi connectivity index (χ4v) is 12.4. The zero-order valence-electron chi connectivity index (χ0n) is 54.0. The number of halogens is 1. The number of hydrogen-bond acceptors (Lipinski definition) is 15. The topological polar surface area (TPSA) is 210 Å². The van der Waals surface area contributed by atoms with Crippen LogP contribution in [0.15, 0.2) is 109 Å². The normalized spacial score (nSPS) is 17.9. The molecule has 2 aromatic heterocycles. The number of aliphatic hydroxyl groups excluding tert-OH is 1. The number of carbonyl (C=O) groups is 4. The van der Waals surface area contributed by atoms with Gasteiger partial charge in [-0.05, 0) is 130 Å². The van der Waals surface area contributed by atoms with E-state index in [4.69, 9.17) is 33.2 Å². The van der Waals surface area contributed by atoms with Gasteiger partial charge in [-0.2, -0.15) is 0 Å². The minimum atomic E-state index is -0.986. The average Bonchev–Trinajstić information content (AvgIpc) is 1.61. The molecule has 2 fully saturated rings. The Kier molecular flexibility index (Phi) is 24.0. The predicted molar refractivity (Wildman–Crippen MR) is 346 cm³/mol. The van der Waals surface area contributed by atoms with Crippen LogP contribution in [0, 0.1) is 18.2 Å². The van der Waals surface area contributed by atoms with Crippen molar-refractivity contribution in [2.24, 2.45) is 5.41 Å². The zero-order valence-corrected chi connectivity index (χ0v) is 54.8. The Morgan fingerprint density at radius 3 is 2.07 bits per heavy atom. The molecule has 486 valence electrons. The Hall–Kier alpha value is -7.04. The zero-order chi connectivity index (χ0) is 64.8. The predicted octanol–water partition coefficient (Wildman–Crippen LogP) is 11.4. The van der Waals surface area contributed by atoms with Crippen LogP contribution in [-0.2, 0) is 67.2 Å². The van der Waals surface area contributed by atoms with Gasteiger partial charge >= 0.3 is 5.97 Å². The Labute approximate surface area is 533 Å². The molecular formula is C70H91FN6O12S. The lowest BCUT2D eigenvalue weighted by Crippen LogP contribution is -2.58. The summed E-state index contributed by atoms with van der Waals surface area (Å²) in [5.41, 5.74) is 10.5. The number of nitrogens with zero attached hydrogens (tertiary/aromatic N) is 3. The minimum Gasteiger partial charge on any atom is -0.491 e. The first-order valence-electron chi connectivity index (χ1n) is 31.2. The molecule has 0 unspecified atom stereocenters. The van der Waals surface area contributed by atoms with Gasteiger partial charge in [0.1, 0.15) is 42.5 Å². The molecule has 4 heterocycles. The Balaban J connectivity index is 0.775. The van der Waals surface area contributed by atoms with Crippen molar-refractivity contribution in [1.82, 2.24) is 25.1 Å². The van der Waals surface area contributed by atoms with Crippen LogP contribution >= 0.6 is 11.3 Å². The standard InChI is InChI=1S/C70H91FN6O12S/c1-45(2)62-57(61(48-15-13-12-14-16-48)63(49-21-23-51(71)24-22-49)76(62)30-29-55-38-56(88-70(10,11)87-55)39-60(80)89-69(7,8)9)41-72-52-25-27-54(28-26-52)86-36-35-84-32-31-83-33-34-85-43-59(79)75-65(68(4,5)6)67(82)77-42-53(78)37-58(77)66(81)73-40-47-17-19-50(20-18-47)64-46(3)74-44-90-64/h12-28,44-45,53,55-56,58,65,72,78H,29-43H2,1-11H3,(H,73,81)(H,75,79)/t53-,55-,56-,58+,65-/m1/s1. The van der Waals surface area contributed by atoms with E-state index >= 15 is 0 Å². The van der Waals surface area contributed by atoms with Crippen LogP contribution in [0.3, 0.4) is 0 Å². The van der Waals surface area contributed by atoms with Gasteiger partial charge in [0.2, 0.25) is 17.7 Å². The van der Waals surface area contributed by atoms with Crippen LogP contribution in [0.2, 0.25) is 0 Å². The molecule has 0 radical (unpaired) electrons. The molecule has 3 amide bonds. The van der Waals surface area contributed by atoms with E-state index in [1.165, 1.54) is 17.0 Å². The molecule has 6 aromatic rings. The molecule has 2 saturated heterocycles. The van der Waals surface area contributed by atoms with E-state index in [0.29, 0.717) is 58.1 Å². The third kappa shape index (κ3) is 19.5. The fourth-order valence-electron chi connectivity index (χ4n) is 11.6. The number of thiazole rings is 1. The van der Waals surface area contributed by atoms with Crippen molar-refractivity contribution in [3.05, 3.63) is 137 Å². The number of amides is 3. The van der Waals surface area contributed by atoms with E-state index < -0.39 is 46.8 Å². The van der Waals surface area contributed by atoms with E-state index in [1.807, 2.05) is 147 Å². The van der Waals surface area contributed by atoms with Gasteiger partial charge < -0.3 is 63.7 Å². The molecule has 20 heteroatoms. The number of anilines is 1. The van der Waals surface area contributed by atoms with Gasteiger partial charge in [-0.25, -0.2) is 9.37 Å². The smallest absolute Gasteiger partial charge is 0.308 e. The highest BCUT2D eigenvalue weighted by molar-refractivity contribution is 7.13. The molecule has 5 atom stereocenters. The highest BCUT2D eigenvalue weighted by atomic mass is 32.1. The Morgan fingerprint density at radius 1 is 0.789 bits per heavy atom. The van der Waals surface area contributed by atoms with Gasteiger partial charge in [0.15, 0.2) is 5.79 Å². The van der Waals surface area contributed by atoms with Crippen LogP contribution < -0.4 is 20.7 Å². The van der Waals surface area contributed by atoms with Gasteiger partial charge in [-0.1, -0.05) is 89.2 Å². The van der Waals surface area contributed by atoms with Gasteiger partial charge in [0.25, 0.3) is 0 Å². The van der Waals surface area contributed by atoms with Gasteiger partial charge in [-0.15, -0.1) is 11.3 Å². The molecular weight excluding hydrogens is 1170 g/mol. The fraction of sp³-hybridized carbons (Fsp3) is 0.500. The van der Waals surface area contributed by atoms with Gasteiger partial charge in [0, 0.05) is 61.5 Å². The minimum absolute atomic E-state index is 0.0296. The highest BCUT2D eigenvalue weighted by Crippen LogP contribution is 2.44. The lowest BCUT2D eigenvalue weighted by molar-refractivity contribution is -0.301. The number of aryl methyl sites for hydroxylation is 1. The average molecular weight is 1260 g/mol. The summed E-state index contributed by atoms with van der Waals surface area (Å²) in [7, 11) is 0. The second-order valence-corrected chi connectivity index (χ2v) is 26.8. The van der Waals surface area contributed by atoms with Crippen LogP contribution in [0.25, 0.3) is 32.8 Å². The van der Waals surface area contributed by atoms with Gasteiger partial charge in [-0.3, -0.25) is 19.2 Å². The summed E-state index contributed by atoms with van der Waals surface area (Å²) in [5, 5.41) is 20.1. The highest BCUT2D eigenvalue weighted by Gasteiger charge is 2.45. The summed E-state index contributed by atoms with van der Waals surface area (Å²) >= 11 is 1.57. The largest absolute Gasteiger partial charge is 0.491 e. The van der Waals surface area contributed by atoms with Crippen LogP contribution in [-0.4, -0.2) is 138 Å². The van der Waals surface area contributed by atoms with E-state index in [-0.39, 0.29) is 81.6 Å². The third-order valence-electron chi connectivity index (χ3n) is 15.6. The molecule has 0 spiro atoms. The van der Waals surface area contributed by atoms with Crippen molar-refractivity contribution < 1.29 is 61.8 Å². The van der Waals surface area contributed by atoms with E-state index in [0.717, 1.165) is 61.0 Å². The van der Waals surface area contributed by atoms with Crippen molar-refractivity contribution in [2.45, 2.75) is 169 Å². The summed E-state index contributed by atoms with van der Waals surface area (Å²) in [6.07, 6.45) is -0.0925. The molecule has 2 aliphatic rings. The molecule has 0 aliphatic carbocycles. The van der Waals surface area contributed by atoms with Crippen molar-refractivity contribution in [2.75, 3.05) is 58.1 Å². The second-order valence-electron chi connectivity index (χ2n) is 25.9. The Morgan fingerprint density at radius 2 is 1.43 bits per heavy atom. The molecule has 8 rings (SSSR count). The number of likely N-dealkylation sites (tertiary alicyclic amines) is 1. The van der Waals surface area contributed by atoms with Crippen LogP contribution in [0.4, 0.5) is 10.1 Å². The number of β-amino-alcohol motifs (C(OH)–C–C–N with tert-alkyl or cyclic N) is 1. The van der Waals surface area contributed by atoms with Crippen LogP contribution in [0.5, 0.6) is 5.75 Å². The summed E-state index contributed by atoms with van der Waals surface area (Å²) < 4.78 is 58.4. The van der Waals surface area contributed by atoms with Crippen molar-refractivity contribution in [3.63, 3.8) is 0 Å². The summed E-state index contributed by atoms with van der Waals surface area (Å²) in [6.45, 7) is 23.8. The summed E-state index contributed by atoms with van der Waals surface area (Å²) in [5.74, 6) is -2.08. The van der Waals surface area contributed by atoms with Gasteiger partial charge in [0.05, 0.1) is 79.5 Å². The number of rotatable bonds is 29. The first-order chi connectivity index (χ1) is 42.8. The molecule has 0 saturated carbocycles. The molecule has 2 aliphatic heterocycles. The number of esters is 1. The number of benzene rings is 4. The lowest BCUT2D eigenvalue weighted by atomic mass is 9.85. The van der Waals surface area contributed by atoms with E-state index in [9.17, 15) is 28.7 Å². The number of aliphatic hydroxyl groups is 1. The SMILES string of the molecule is Cc1ncsc1-c1ccc(CNC(=O)[C@@H]2C[C@@H](O)CN2C(=O)[C@@H](NC(=O)COCCOCCOCCOc2ccc(NCc3c(-c4ccccc4)c(-c4ccc(F)cc4)n(CC[C@@H]4C[C@H](CC(=O)OC(C)(C)C)OC(C)(C)O4)c3C(C)C)cc2)C(C)(C)C)cc1. The molecule has 18 nitrogen and oxygen atoms in total. The monoisotopic (exact) mass is 1260 g/mol. The van der Waals surface area contributed by atoms with E-state index in [1.54, 1.807) is 11.3 Å². The van der Waals surface area contributed by atoms with Crippen molar-refractivity contribution in [3.8, 4) is 38.6 Å². The Bertz CT molecular complexity index is 3300. The molecule has 90 heavy (non-hydrogen) atoms. The van der Waals surface area contributed by atoms with E-state index in [2.05, 4.69) is 51.5 Å². The number of carbonyl (C=O) groups excluding carboxylic acids is 4. The lowest BCUT2D eigenvalue weighted by Gasteiger charge is -2.41. The molecule has 4 N–H and O–H groups in total. The third-order valence-corrected chi connectivity index (χ3v) is 16.5. The summed E-state index contributed by atoms with van der Waals surface area (Å²) in [4.78, 5) is 60.4. The summed E-state index contributed by atoms with van der Waals surface area (Å²) in [6, 6.07) is 30.8. The maximum atomic E-state index is 14.6. The van der Waals surface area contributed by atoms with Crippen LogP contribution in [0.1, 0.15) is 123 Å². The maximum absolute atomic E-state index is 14.6. The molecule has 0 bridgehead atoms. The first kappa shape index (κ1) is 68.9. The number of nitrogens with one attached hydrogen (secondary N) is 3. The second kappa shape index (κ2) is 31.3. The quantitative estimate of drug-likeness (QED) is 0.0254. The number of hydrogen-bond donors (Lipinski definition) is 4. The number of ether oxygens (including phenoxy) is 7. The van der Waals surface area contributed by atoms with Crippen molar-refractivity contribution in [1.29, 1.82) is 0 Å². The number of aromatic nitrogens is 2.